The number of thioether (sulfide) groups is 1. The molecular weight excluding hydrogens is 407 g/mol. The number of halogens is 2. The summed E-state index contributed by atoms with van der Waals surface area (Å²) in [5.41, 5.74) is 4.30. The van der Waals surface area contributed by atoms with Crippen LogP contribution in [0.3, 0.4) is 0 Å². The minimum Gasteiger partial charge on any atom is -0.345 e. The van der Waals surface area contributed by atoms with Crippen LogP contribution in [0.2, 0.25) is 10.0 Å². The second-order valence-corrected chi connectivity index (χ2v) is 8.21. The van der Waals surface area contributed by atoms with E-state index in [-0.39, 0.29) is 11.9 Å². The van der Waals surface area contributed by atoms with Crippen LogP contribution in [-0.4, -0.2) is 10.9 Å². The third kappa shape index (κ3) is 4.80. The standard InChI is InChI=1S/C19H16Cl2N2OS2/c1-12(15-7-6-13(20)8-17(15)21)23-19(24)16-4-2-3-5-18(16)26-10-14-9-25-11-22-14/h2-9,11-12H,10H2,1H3,(H,23,24)/t12-/m1/s1. The van der Waals surface area contributed by atoms with Crippen molar-refractivity contribution in [3.05, 3.63) is 80.2 Å². The van der Waals surface area contributed by atoms with Gasteiger partial charge in [-0.3, -0.25) is 4.79 Å². The molecule has 1 atom stereocenters. The van der Waals surface area contributed by atoms with Gasteiger partial charge >= 0.3 is 0 Å². The SMILES string of the molecule is C[C@@H](NC(=O)c1ccccc1SCc1cscn1)c1ccc(Cl)cc1Cl. The highest BCUT2D eigenvalue weighted by atomic mass is 35.5. The molecule has 0 radical (unpaired) electrons. The van der Waals surface area contributed by atoms with E-state index in [0.29, 0.717) is 15.6 Å². The highest BCUT2D eigenvalue weighted by Crippen LogP contribution is 2.29. The van der Waals surface area contributed by atoms with Gasteiger partial charge in [0.1, 0.15) is 0 Å². The topological polar surface area (TPSA) is 42.0 Å². The van der Waals surface area contributed by atoms with E-state index < -0.39 is 0 Å². The van der Waals surface area contributed by atoms with Crippen molar-refractivity contribution in [3.8, 4) is 0 Å². The van der Waals surface area contributed by atoms with E-state index >= 15 is 0 Å². The molecule has 7 heteroatoms. The van der Waals surface area contributed by atoms with E-state index in [1.165, 1.54) is 0 Å². The molecule has 0 saturated carbocycles. The van der Waals surface area contributed by atoms with Gasteiger partial charge in [-0.15, -0.1) is 23.1 Å². The van der Waals surface area contributed by atoms with Crippen LogP contribution < -0.4 is 5.32 Å². The number of carbonyl (C=O) groups excluding carboxylic acids is 1. The van der Waals surface area contributed by atoms with Gasteiger partial charge in [0.2, 0.25) is 0 Å². The van der Waals surface area contributed by atoms with Crippen LogP contribution >= 0.6 is 46.3 Å². The predicted molar refractivity (Wildman–Crippen MR) is 110 cm³/mol. The smallest absolute Gasteiger partial charge is 0.252 e. The number of rotatable bonds is 6. The zero-order valence-corrected chi connectivity index (χ0v) is 17.1. The molecule has 0 fully saturated rings. The van der Waals surface area contributed by atoms with Crippen molar-refractivity contribution in [2.24, 2.45) is 0 Å². The largest absolute Gasteiger partial charge is 0.345 e. The Kier molecular flexibility index (Phi) is 6.59. The normalized spacial score (nSPS) is 12.0. The number of amides is 1. The van der Waals surface area contributed by atoms with E-state index in [2.05, 4.69) is 10.3 Å². The molecule has 3 nitrogen and oxygen atoms in total. The first-order valence-corrected chi connectivity index (χ1v) is 10.6. The fourth-order valence-electron chi connectivity index (χ4n) is 2.45. The zero-order chi connectivity index (χ0) is 18.5. The van der Waals surface area contributed by atoms with Gasteiger partial charge in [-0.1, -0.05) is 41.4 Å². The van der Waals surface area contributed by atoms with Crippen molar-refractivity contribution in [1.29, 1.82) is 0 Å². The third-order valence-electron chi connectivity index (χ3n) is 3.77. The van der Waals surface area contributed by atoms with E-state index in [1.807, 2.05) is 48.1 Å². The molecule has 3 rings (SSSR count). The molecule has 2 aromatic carbocycles. The number of thiazole rings is 1. The van der Waals surface area contributed by atoms with E-state index in [0.717, 1.165) is 21.9 Å². The van der Waals surface area contributed by atoms with E-state index in [4.69, 9.17) is 23.2 Å². The molecule has 0 aliphatic carbocycles. The molecule has 0 bridgehead atoms. The number of hydrogen-bond donors (Lipinski definition) is 1. The molecule has 3 aromatic rings. The first kappa shape index (κ1) is 19.2. The van der Waals surface area contributed by atoms with Crippen molar-refractivity contribution < 1.29 is 4.79 Å². The number of nitrogens with one attached hydrogen (secondary N) is 1. The lowest BCUT2D eigenvalue weighted by atomic mass is 10.1. The van der Waals surface area contributed by atoms with Crippen LogP contribution in [0.25, 0.3) is 0 Å². The van der Waals surface area contributed by atoms with E-state index in [9.17, 15) is 4.79 Å². The molecule has 0 saturated heterocycles. The van der Waals surface area contributed by atoms with Crippen LogP contribution in [0.4, 0.5) is 0 Å². The molecule has 0 aliphatic rings. The first-order valence-electron chi connectivity index (χ1n) is 7.89. The maximum absolute atomic E-state index is 12.8. The molecule has 0 spiro atoms. The predicted octanol–water partition coefficient (Wildman–Crippen LogP) is 6.23. The summed E-state index contributed by atoms with van der Waals surface area (Å²) in [7, 11) is 0. The summed E-state index contributed by atoms with van der Waals surface area (Å²) < 4.78 is 0. The van der Waals surface area contributed by atoms with Crippen molar-refractivity contribution in [2.45, 2.75) is 23.6 Å². The second-order valence-electron chi connectivity index (χ2n) is 5.63. The summed E-state index contributed by atoms with van der Waals surface area (Å²) in [5, 5.41) is 6.14. The summed E-state index contributed by atoms with van der Waals surface area (Å²) in [6, 6.07) is 12.6. The Bertz CT molecular complexity index is 900. The first-order chi connectivity index (χ1) is 12.5. The van der Waals surface area contributed by atoms with Crippen LogP contribution in [-0.2, 0) is 5.75 Å². The van der Waals surface area contributed by atoms with Crippen molar-refractivity contribution in [3.63, 3.8) is 0 Å². The average Bonchev–Trinajstić information content (AvgIpc) is 3.13. The molecule has 134 valence electrons. The van der Waals surface area contributed by atoms with Crippen LogP contribution in [0, 0.1) is 0 Å². The molecule has 1 N–H and O–H groups in total. The van der Waals surface area contributed by atoms with Crippen LogP contribution in [0.5, 0.6) is 0 Å². The maximum atomic E-state index is 12.8. The number of nitrogens with zero attached hydrogens (tertiary/aromatic N) is 1. The Balaban J connectivity index is 1.73. The Hall–Kier alpha value is -1.53. The van der Waals surface area contributed by atoms with E-state index in [1.54, 1.807) is 35.2 Å². The Morgan fingerprint density at radius 3 is 2.81 bits per heavy atom. The van der Waals surface area contributed by atoms with Crippen LogP contribution in [0.15, 0.2) is 58.3 Å². The molecule has 26 heavy (non-hydrogen) atoms. The van der Waals surface area contributed by atoms with Crippen molar-refractivity contribution in [2.75, 3.05) is 0 Å². The monoisotopic (exact) mass is 422 g/mol. The van der Waals surface area contributed by atoms with Gasteiger partial charge < -0.3 is 5.32 Å². The maximum Gasteiger partial charge on any atom is 0.252 e. The van der Waals surface area contributed by atoms with Gasteiger partial charge in [0.25, 0.3) is 5.91 Å². The molecule has 1 amide bonds. The molecule has 0 aliphatic heterocycles. The third-order valence-corrected chi connectivity index (χ3v) is 6.07. The Morgan fingerprint density at radius 1 is 1.27 bits per heavy atom. The lowest BCUT2D eigenvalue weighted by Crippen LogP contribution is -2.27. The number of carbonyl (C=O) groups is 1. The Morgan fingerprint density at radius 2 is 2.08 bits per heavy atom. The fraction of sp³-hybridized carbons (Fsp3) is 0.158. The summed E-state index contributed by atoms with van der Waals surface area (Å²) >= 11 is 15.4. The highest BCUT2D eigenvalue weighted by Gasteiger charge is 2.17. The summed E-state index contributed by atoms with van der Waals surface area (Å²) in [5.74, 6) is 0.594. The van der Waals surface area contributed by atoms with Gasteiger partial charge in [0.15, 0.2) is 0 Å². The van der Waals surface area contributed by atoms with Gasteiger partial charge in [-0.2, -0.15) is 0 Å². The number of benzene rings is 2. The highest BCUT2D eigenvalue weighted by molar-refractivity contribution is 7.98. The lowest BCUT2D eigenvalue weighted by Gasteiger charge is -2.17. The van der Waals surface area contributed by atoms with Gasteiger partial charge in [0.05, 0.1) is 22.8 Å². The minimum atomic E-state index is -0.233. The molecule has 1 aromatic heterocycles. The second kappa shape index (κ2) is 8.91. The van der Waals surface area contributed by atoms with Gasteiger partial charge in [-0.25, -0.2) is 4.98 Å². The van der Waals surface area contributed by atoms with Gasteiger partial charge in [0, 0.05) is 26.1 Å². The summed E-state index contributed by atoms with van der Waals surface area (Å²) in [4.78, 5) is 18.0. The van der Waals surface area contributed by atoms with Crippen LogP contribution in [0.1, 0.15) is 34.6 Å². The molecular formula is C19H16Cl2N2OS2. The summed E-state index contributed by atoms with van der Waals surface area (Å²) in [6.45, 7) is 1.90. The van der Waals surface area contributed by atoms with Gasteiger partial charge in [-0.05, 0) is 36.8 Å². The quantitative estimate of drug-likeness (QED) is 0.478. The fourth-order valence-corrected chi connectivity index (χ4v) is 4.63. The summed E-state index contributed by atoms with van der Waals surface area (Å²) in [6.07, 6.45) is 0. The molecule has 0 unspecified atom stereocenters. The average molecular weight is 423 g/mol. The Labute approximate surface area is 170 Å². The van der Waals surface area contributed by atoms with Crippen molar-refractivity contribution >= 4 is 52.2 Å². The molecule has 1 heterocycles. The zero-order valence-electron chi connectivity index (χ0n) is 13.9. The van der Waals surface area contributed by atoms with Crippen molar-refractivity contribution in [1.82, 2.24) is 10.3 Å². The number of hydrogen-bond acceptors (Lipinski definition) is 4. The number of aromatic nitrogens is 1. The minimum absolute atomic E-state index is 0.134. The lowest BCUT2D eigenvalue weighted by molar-refractivity contribution is 0.0937.